The molecule has 1 N–H and O–H groups in total. The summed E-state index contributed by atoms with van der Waals surface area (Å²) in [5, 5.41) is 3.41. The molecule has 1 unspecified atom stereocenters. The van der Waals surface area contributed by atoms with Crippen molar-refractivity contribution in [3.8, 4) is 0 Å². The topological polar surface area (TPSA) is 20.2 Å². The molecule has 2 rings (SSSR count). The molecular formula is C16H29N3. The Labute approximate surface area is 118 Å². The second kappa shape index (κ2) is 7.71. The monoisotopic (exact) mass is 263 g/mol. The second-order valence-corrected chi connectivity index (χ2v) is 5.71. The van der Waals surface area contributed by atoms with Gasteiger partial charge in [0.1, 0.15) is 0 Å². The second-order valence-electron chi connectivity index (χ2n) is 5.71. The maximum atomic E-state index is 3.41. The largest absolute Gasteiger partial charge is 0.353 e. The summed E-state index contributed by atoms with van der Waals surface area (Å²) in [6.45, 7) is 7.17. The quantitative estimate of drug-likeness (QED) is 0.816. The molecule has 1 aromatic heterocycles. The number of aromatic nitrogens is 1. The summed E-state index contributed by atoms with van der Waals surface area (Å²) in [6.07, 6.45) is 11.2. The molecule has 2 heterocycles. The number of piperidine rings is 1. The molecule has 1 atom stereocenters. The summed E-state index contributed by atoms with van der Waals surface area (Å²) >= 11 is 0. The predicted molar refractivity (Wildman–Crippen MR) is 81.4 cm³/mol. The number of hydrogen-bond donors (Lipinski definition) is 1. The minimum absolute atomic E-state index is 0.515. The van der Waals surface area contributed by atoms with Crippen LogP contribution in [-0.2, 0) is 6.54 Å². The van der Waals surface area contributed by atoms with Crippen LogP contribution in [0.5, 0.6) is 0 Å². The summed E-state index contributed by atoms with van der Waals surface area (Å²) in [5.41, 5.74) is 1.43. The summed E-state index contributed by atoms with van der Waals surface area (Å²) < 4.78 is 2.35. The van der Waals surface area contributed by atoms with E-state index in [1.807, 2.05) is 0 Å². The van der Waals surface area contributed by atoms with Crippen molar-refractivity contribution in [2.75, 3.05) is 26.7 Å². The smallest absolute Gasteiger partial charge is 0.0347 e. The highest BCUT2D eigenvalue weighted by Gasteiger charge is 2.11. The maximum Gasteiger partial charge on any atom is 0.0347 e. The van der Waals surface area contributed by atoms with Crippen molar-refractivity contribution in [3.63, 3.8) is 0 Å². The first-order valence-electron chi connectivity index (χ1n) is 7.88. The van der Waals surface area contributed by atoms with Crippen molar-refractivity contribution in [2.24, 2.45) is 0 Å². The van der Waals surface area contributed by atoms with E-state index in [2.05, 4.69) is 47.2 Å². The summed E-state index contributed by atoms with van der Waals surface area (Å²) in [4.78, 5) is 2.60. The maximum absolute atomic E-state index is 3.41. The number of nitrogens with zero attached hydrogens (tertiary/aromatic N) is 2. The van der Waals surface area contributed by atoms with Gasteiger partial charge in [-0.15, -0.1) is 0 Å². The Morgan fingerprint density at radius 2 is 2.00 bits per heavy atom. The van der Waals surface area contributed by atoms with Crippen molar-refractivity contribution in [1.29, 1.82) is 0 Å². The summed E-state index contributed by atoms with van der Waals surface area (Å²) in [5.74, 6) is 0. The van der Waals surface area contributed by atoms with Gasteiger partial charge in [0.05, 0.1) is 0 Å². The highest BCUT2D eigenvalue weighted by Crippen LogP contribution is 2.18. The zero-order valence-electron chi connectivity index (χ0n) is 12.6. The average molecular weight is 263 g/mol. The van der Waals surface area contributed by atoms with Crippen LogP contribution in [-0.4, -0.2) is 36.1 Å². The van der Waals surface area contributed by atoms with Gasteiger partial charge < -0.3 is 14.8 Å². The van der Waals surface area contributed by atoms with E-state index >= 15 is 0 Å². The molecule has 108 valence electrons. The lowest BCUT2D eigenvalue weighted by atomic mass is 10.1. The molecule has 1 aliphatic heterocycles. The number of likely N-dealkylation sites (tertiary alicyclic amines) is 1. The molecule has 0 saturated carbocycles. The van der Waals surface area contributed by atoms with Gasteiger partial charge >= 0.3 is 0 Å². The molecule has 0 radical (unpaired) electrons. The van der Waals surface area contributed by atoms with E-state index in [4.69, 9.17) is 0 Å². The lowest BCUT2D eigenvalue weighted by Crippen LogP contribution is -2.32. The third-order valence-corrected chi connectivity index (χ3v) is 4.22. The Morgan fingerprint density at radius 1 is 1.21 bits per heavy atom. The predicted octanol–water partition coefficient (Wildman–Crippen LogP) is 3.03. The van der Waals surface area contributed by atoms with Crippen LogP contribution >= 0.6 is 0 Å². The number of hydrogen-bond acceptors (Lipinski definition) is 2. The molecule has 3 nitrogen and oxygen atoms in total. The first kappa shape index (κ1) is 14.6. The van der Waals surface area contributed by atoms with Crippen LogP contribution in [0.25, 0.3) is 0 Å². The van der Waals surface area contributed by atoms with Gasteiger partial charge in [-0.3, -0.25) is 0 Å². The van der Waals surface area contributed by atoms with Crippen LogP contribution < -0.4 is 5.32 Å². The van der Waals surface area contributed by atoms with E-state index in [0.29, 0.717) is 6.04 Å². The van der Waals surface area contributed by atoms with Crippen molar-refractivity contribution in [1.82, 2.24) is 14.8 Å². The van der Waals surface area contributed by atoms with Crippen LogP contribution in [0.1, 0.15) is 50.6 Å². The molecular weight excluding hydrogens is 234 g/mol. The Hall–Kier alpha value is -0.800. The number of rotatable bonds is 7. The highest BCUT2D eigenvalue weighted by atomic mass is 15.1. The van der Waals surface area contributed by atoms with E-state index in [1.165, 1.54) is 57.3 Å². The Morgan fingerprint density at radius 3 is 2.68 bits per heavy atom. The SMILES string of the molecule is CCCC(NC)c1ccn(CCN2CCCCC2)c1. The molecule has 3 heteroatoms. The van der Waals surface area contributed by atoms with E-state index < -0.39 is 0 Å². The molecule has 1 saturated heterocycles. The molecule has 0 aliphatic carbocycles. The minimum atomic E-state index is 0.515. The van der Waals surface area contributed by atoms with Crippen LogP contribution in [0.2, 0.25) is 0 Å². The Bertz CT molecular complexity index is 353. The third kappa shape index (κ3) is 4.36. The Kier molecular flexibility index (Phi) is 5.93. The molecule has 0 spiro atoms. The average Bonchev–Trinajstić information content (AvgIpc) is 2.92. The van der Waals surface area contributed by atoms with Crippen molar-refractivity contribution in [2.45, 2.75) is 51.6 Å². The Balaban J connectivity index is 1.82. The van der Waals surface area contributed by atoms with Gasteiger partial charge in [0.15, 0.2) is 0 Å². The molecule has 0 bridgehead atoms. The van der Waals surface area contributed by atoms with E-state index in [-0.39, 0.29) is 0 Å². The van der Waals surface area contributed by atoms with E-state index in [1.54, 1.807) is 0 Å². The zero-order valence-corrected chi connectivity index (χ0v) is 12.6. The fourth-order valence-corrected chi connectivity index (χ4v) is 3.01. The molecule has 1 fully saturated rings. The first-order valence-corrected chi connectivity index (χ1v) is 7.88. The van der Waals surface area contributed by atoms with Gasteiger partial charge in [-0.1, -0.05) is 19.8 Å². The van der Waals surface area contributed by atoms with Crippen molar-refractivity contribution < 1.29 is 0 Å². The lowest BCUT2D eigenvalue weighted by molar-refractivity contribution is 0.221. The van der Waals surface area contributed by atoms with Gasteiger partial charge in [0.25, 0.3) is 0 Å². The summed E-state index contributed by atoms with van der Waals surface area (Å²) in [6, 6.07) is 2.79. The molecule has 1 aliphatic rings. The molecule has 0 amide bonds. The summed E-state index contributed by atoms with van der Waals surface area (Å²) in [7, 11) is 2.06. The normalized spacial score (nSPS) is 18.6. The highest BCUT2D eigenvalue weighted by molar-refractivity contribution is 5.15. The first-order chi connectivity index (χ1) is 9.33. The standard InChI is InChI=1S/C16H29N3/c1-3-7-16(17-2)15-8-11-19(14-15)13-12-18-9-5-4-6-10-18/h8,11,14,16-17H,3-7,9-10,12-13H2,1-2H3. The number of nitrogens with one attached hydrogen (secondary N) is 1. The fourth-order valence-electron chi connectivity index (χ4n) is 3.01. The van der Waals surface area contributed by atoms with Crippen LogP contribution in [0.3, 0.4) is 0 Å². The molecule has 19 heavy (non-hydrogen) atoms. The van der Waals surface area contributed by atoms with E-state index in [9.17, 15) is 0 Å². The van der Waals surface area contributed by atoms with Gasteiger partial charge in [-0.05, 0) is 51.0 Å². The van der Waals surface area contributed by atoms with Crippen LogP contribution in [0.4, 0.5) is 0 Å². The van der Waals surface area contributed by atoms with Gasteiger partial charge in [0.2, 0.25) is 0 Å². The van der Waals surface area contributed by atoms with Crippen LogP contribution in [0, 0.1) is 0 Å². The van der Waals surface area contributed by atoms with Crippen molar-refractivity contribution in [3.05, 3.63) is 24.0 Å². The molecule has 0 aromatic carbocycles. The lowest BCUT2D eigenvalue weighted by Gasteiger charge is -2.26. The van der Waals surface area contributed by atoms with Gasteiger partial charge in [0, 0.05) is 31.5 Å². The zero-order chi connectivity index (χ0) is 13.5. The van der Waals surface area contributed by atoms with Crippen LogP contribution in [0.15, 0.2) is 18.5 Å². The molecule has 1 aromatic rings. The minimum Gasteiger partial charge on any atom is -0.353 e. The van der Waals surface area contributed by atoms with Gasteiger partial charge in [-0.2, -0.15) is 0 Å². The van der Waals surface area contributed by atoms with Gasteiger partial charge in [-0.25, -0.2) is 0 Å². The van der Waals surface area contributed by atoms with Crippen molar-refractivity contribution >= 4 is 0 Å². The third-order valence-electron chi connectivity index (χ3n) is 4.22. The fraction of sp³-hybridized carbons (Fsp3) is 0.750. The van der Waals surface area contributed by atoms with E-state index in [0.717, 1.165) is 6.54 Å².